The van der Waals surface area contributed by atoms with Gasteiger partial charge in [0.1, 0.15) is 5.00 Å². The van der Waals surface area contributed by atoms with Gasteiger partial charge in [-0.15, -0.1) is 11.3 Å². The summed E-state index contributed by atoms with van der Waals surface area (Å²) in [4.78, 5) is 38.0. The lowest BCUT2D eigenvalue weighted by Gasteiger charge is -2.31. The summed E-state index contributed by atoms with van der Waals surface area (Å²) >= 11 is 1.44. The van der Waals surface area contributed by atoms with Gasteiger partial charge in [0.2, 0.25) is 5.91 Å². The van der Waals surface area contributed by atoms with Crippen LogP contribution in [0.15, 0.2) is 0 Å². The van der Waals surface area contributed by atoms with Gasteiger partial charge in [0.25, 0.3) is 0 Å². The molecule has 0 aromatic carbocycles. The first kappa shape index (κ1) is 19.9. The Morgan fingerprint density at radius 1 is 1.07 bits per heavy atom. The number of anilines is 1. The van der Waals surface area contributed by atoms with Crippen molar-refractivity contribution >= 4 is 34.2 Å². The van der Waals surface area contributed by atoms with Crippen molar-refractivity contribution in [3.05, 3.63) is 16.0 Å². The molecule has 0 saturated heterocycles. The van der Waals surface area contributed by atoms with E-state index in [9.17, 15) is 19.5 Å². The maximum Gasteiger partial charge on any atom is 0.341 e. The van der Waals surface area contributed by atoms with Gasteiger partial charge in [-0.2, -0.15) is 0 Å². The molecule has 0 unspecified atom stereocenters. The van der Waals surface area contributed by atoms with E-state index in [1.165, 1.54) is 11.3 Å². The van der Waals surface area contributed by atoms with E-state index in [2.05, 4.69) is 5.32 Å². The highest BCUT2D eigenvalue weighted by Gasteiger charge is 2.34. The predicted molar refractivity (Wildman–Crippen MR) is 101 cm³/mol. The van der Waals surface area contributed by atoms with Crippen LogP contribution in [0, 0.1) is 11.8 Å². The highest BCUT2D eigenvalue weighted by Crippen LogP contribution is 2.39. The van der Waals surface area contributed by atoms with Crippen molar-refractivity contribution in [2.24, 2.45) is 11.8 Å². The molecule has 2 atom stereocenters. The summed E-state index contributed by atoms with van der Waals surface area (Å²) in [5.74, 6) is -3.27. The number of carboxylic acid groups (broad SMARTS) is 1. The summed E-state index contributed by atoms with van der Waals surface area (Å²) < 4.78 is 5.23. The highest BCUT2D eigenvalue weighted by atomic mass is 32.1. The molecule has 0 spiro atoms. The van der Waals surface area contributed by atoms with E-state index in [0.29, 0.717) is 23.4 Å². The number of amides is 1. The van der Waals surface area contributed by atoms with Crippen LogP contribution in [0.5, 0.6) is 0 Å². The number of aryl methyl sites for hydroxylation is 1. The van der Waals surface area contributed by atoms with Crippen molar-refractivity contribution in [3.63, 3.8) is 0 Å². The molecule has 1 heterocycles. The number of thiophene rings is 1. The predicted octanol–water partition coefficient (Wildman–Crippen LogP) is 2.69. The molecule has 1 aromatic rings. The Balaban J connectivity index is 1.88. The fraction of sp³-hybridized carbons (Fsp3) is 0.650. The summed E-state index contributed by atoms with van der Waals surface area (Å²) in [5, 5.41) is 14.8. The fourth-order valence-corrected chi connectivity index (χ4v) is 5.46. The third kappa shape index (κ3) is 4.34. The number of aliphatic carboxylic acids is 1. The van der Waals surface area contributed by atoms with Gasteiger partial charge in [0.15, 0.2) is 0 Å². The van der Waals surface area contributed by atoms with Gasteiger partial charge in [-0.3, -0.25) is 4.79 Å². The van der Waals surface area contributed by atoms with Crippen molar-refractivity contribution in [3.8, 4) is 0 Å². The molecule has 2 aliphatic rings. The molecule has 1 aromatic heterocycles. The number of carbonyl (C=O) groups is 3. The smallest absolute Gasteiger partial charge is 0.341 e. The van der Waals surface area contributed by atoms with Crippen molar-refractivity contribution in [2.75, 3.05) is 11.9 Å². The third-order valence-corrected chi connectivity index (χ3v) is 6.75. The Bertz CT molecular complexity index is 726. The van der Waals surface area contributed by atoms with Crippen molar-refractivity contribution < 1.29 is 24.2 Å². The van der Waals surface area contributed by atoms with E-state index in [1.54, 1.807) is 6.92 Å². The average molecular weight is 392 g/mol. The van der Waals surface area contributed by atoms with Crippen LogP contribution in [0.2, 0.25) is 0 Å². The van der Waals surface area contributed by atoms with Gasteiger partial charge in [-0.05, 0) is 51.0 Å². The highest BCUT2D eigenvalue weighted by molar-refractivity contribution is 7.17. The van der Waals surface area contributed by atoms with Crippen LogP contribution in [-0.4, -0.2) is 24.5 Å². The summed E-state index contributed by atoms with van der Waals surface area (Å²) in [6.45, 7) is 2.03. The van der Waals surface area contributed by atoms with E-state index in [1.807, 2.05) is 0 Å². The molecular formula is C20H26NO5S-. The summed E-state index contributed by atoms with van der Waals surface area (Å²) in [6.07, 6.45) is 7.53. The number of nitrogens with one attached hydrogen (secondary N) is 1. The standard InChI is InChI=1S/C20H27NO5S/c1-2-26-20(25)16-14-10-4-3-5-11-15(14)27-18(16)21-17(22)12-8-6-7-9-13(12)19(23)24/h12-13H,2-11H2,1H3,(H,21,22)(H,23,24)/p-1/t12-,13+/m0/s1. The number of esters is 1. The molecule has 2 aliphatic carbocycles. The number of hydrogen-bond donors (Lipinski definition) is 1. The Morgan fingerprint density at radius 2 is 1.78 bits per heavy atom. The monoisotopic (exact) mass is 392 g/mol. The minimum absolute atomic E-state index is 0.270. The Hall–Kier alpha value is -1.89. The summed E-state index contributed by atoms with van der Waals surface area (Å²) in [7, 11) is 0. The van der Waals surface area contributed by atoms with Crippen LogP contribution >= 0.6 is 11.3 Å². The lowest BCUT2D eigenvalue weighted by Crippen LogP contribution is -2.42. The first-order valence-electron chi connectivity index (χ1n) is 9.86. The zero-order valence-corrected chi connectivity index (χ0v) is 16.5. The summed E-state index contributed by atoms with van der Waals surface area (Å²) in [6, 6.07) is 0. The van der Waals surface area contributed by atoms with Gasteiger partial charge < -0.3 is 20.0 Å². The van der Waals surface area contributed by atoms with Crippen LogP contribution in [0.3, 0.4) is 0 Å². The lowest BCUT2D eigenvalue weighted by atomic mass is 9.79. The Kier molecular flexibility index (Phi) is 6.52. The SMILES string of the molecule is CCOC(=O)c1c(NC(=O)[C@H]2CCCC[C@H]2C(=O)[O-])sc2c1CCCCC2. The van der Waals surface area contributed by atoms with E-state index in [4.69, 9.17) is 4.74 Å². The van der Waals surface area contributed by atoms with Gasteiger partial charge >= 0.3 is 5.97 Å². The molecule has 0 radical (unpaired) electrons. The normalized spacial score (nSPS) is 22.4. The molecule has 3 rings (SSSR count). The zero-order valence-electron chi connectivity index (χ0n) is 15.7. The molecule has 0 bridgehead atoms. The first-order chi connectivity index (χ1) is 13.0. The van der Waals surface area contributed by atoms with E-state index in [0.717, 1.165) is 55.4 Å². The second-order valence-electron chi connectivity index (χ2n) is 7.29. The second-order valence-corrected chi connectivity index (χ2v) is 8.40. The minimum Gasteiger partial charge on any atom is -0.550 e. The number of ether oxygens (including phenoxy) is 1. The number of carboxylic acids is 1. The van der Waals surface area contributed by atoms with Crippen LogP contribution in [0.4, 0.5) is 5.00 Å². The maximum atomic E-state index is 12.8. The molecule has 27 heavy (non-hydrogen) atoms. The number of fused-ring (bicyclic) bond motifs is 1. The molecule has 6 nitrogen and oxygen atoms in total. The van der Waals surface area contributed by atoms with Crippen molar-refractivity contribution in [1.29, 1.82) is 0 Å². The van der Waals surface area contributed by atoms with E-state index >= 15 is 0 Å². The van der Waals surface area contributed by atoms with Crippen LogP contribution in [0.1, 0.15) is 72.7 Å². The van der Waals surface area contributed by atoms with Crippen molar-refractivity contribution in [1.82, 2.24) is 0 Å². The van der Waals surface area contributed by atoms with E-state index in [-0.39, 0.29) is 12.5 Å². The summed E-state index contributed by atoms with van der Waals surface area (Å²) in [5.41, 5.74) is 1.46. The van der Waals surface area contributed by atoms with E-state index < -0.39 is 23.8 Å². The molecule has 1 saturated carbocycles. The van der Waals surface area contributed by atoms with Crippen LogP contribution in [-0.2, 0) is 27.2 Å². The average Bonchev–Trinajstić information content (AvgIpc) is 2.82. The fourth-order valence-electron chi connectivity index (χ4n) is 4.18. The molecule has 1 amide bonds. The number of hydrogen-bond acceptors (Lipinski definition) is 6. The molecule has 148 valence electrons. The van der Waals surface area contributed by atoms with Crippen LogP contribution < -0.4 is 10.4 Å². The molecule has 1 fully saturated rings. The van der Waals surface area contributed by atoms with Gasteiger partial charge in [0.05, 0.1) is 12.2 Å². The first-order valence-corrected chi connectivity index (χ1v) is 10.7. The zero-order chi connectivity index (χ0) is 19.4. The van der Waals surface area contributed by atoms with Gasteiger partial charge in [0, 0.05) is 22.7 Å². The second kappa shape index (κ2) is 8.87. The molecule has 1 N–H and O–H groups in total. The number of rotatable bonds is 5. The maximum absolute atomic E-state index is 12.8. The number of carbonyl (C=O) groups excluding carboxylic acids is 3. The van der Waals surface area contributed by atoms with Crippen molar-refractivity contribution in [2.45, 2.75) is 64.7 Å². The Labute approximate surface area is 163 Å². The largest absolute Gasteiger partial charge is 0.550 e. The third-order valence-electron chi connectivity index (χ3n) is 5.54. The van der Waals surface area contributed by atoms with Gasteiger partial charge in [-0.1, -0.05) is 19.3 Å². The Morgan fingerprint density at radius 3 is 2.48 bits per heavy atom. The van der Waals surface area contributed by atoms with Gasteiger partial charge in [-0.25, -0.2) is 4.79 Å². The molecule has 0 aliphatic heterocycles. The minimum atomic E-state index is -1.16. The topological polar surface area (TPSA) is 95.5 Å². The molecule has 7 heteroatoms. The lowest BCUT2D eigenvalue weighted by molar-refractivity contribution is -0.313. The van der Waals surface area contributed by atoms with Crippen LogP contribution in [0.25, 0.3) is 0 Å². The molecular weight excluding hydrogens is 366 g/mol. The quantitative estimate of drug-likeness (QED) is 0.614.